The summed E-state index contributed by atoms with van der Waals surface area (Å²) >= 11 is 3.65. The lowest BCUT2D eigenvalue weighted by Gasteiger charge is -2.31. The van der Waals surface area contributed by atoms with E-state index in [1.165, 1.54) is 9.77 Å². The molecule has 3 atom stereocenters. The summed E-state index contributed by atoms with van der Waals surface area (Å²) in [4.78, 5) is 11.3. The molecule has 18 heavy (non-hydrogen) atoms. The van der Waals surface area contributed by atoms with Crippen molar-refractivity contribution in [1.82, 2.24) is 5.32 Å². The minimum Gasteiger partial charge on any atom is -0.480 e. The molecule has 0 radical (unpaired) electrons. The van der Waals surface area contributed by atoms with Crippen LogP contribution in [-0.2, 0) is 4.79 Å². The molecular formula is C13H19NO2S2. The van der Waals surface area contributed by atoms with E-state index in [1.54, 1.807) is 11.3 Å². The largest absolute Gasteiger partial charge is 0.480 e. The maximum absolute atomic E-state index is 11.3. The number of hydrogen-bond donors (Lipinski definition) is 2. The van der Waals surface area contributed by atoms with Gasteiger partial charge in [0.25, 0.3) is 0 Å². The maximum atomic E-state index is 11.3. The van der Waals surface area contributed by atoms with Gasteiger partial charge in [-0.05, 0) is 29.3 Å². The van der Waals surface area contributed by atoms with Crippen LogP contribution in [0.1, 0.15) is 38.8 Å². The van der Waals surface area contributed by atoms with Gasteiger partial charge in [0.15, 0.2) is 0 Å². The van der Waals surface area contributed by atoms with E-state index in [2.05, 4.69) is 23.7 Å². The Morgan fingerprint density at radius 3 is 2.89 bits per heavy atom. The standard InChI is InChI=1S/C13H19NO2S2/c1-7(2)11(12(15)16)14-10-6-8(3)18-13-9(10)4-5-17-13/h4-5,7-8,10-11,14H,6H2,1-3H3,(H,15,16)/t8-,10?,11?/m0/s1. The first-order valence-corrected chi connectivity index (χ1v) is 7.98. The van der Waals surface area contributed by atoms with Crippen LogP contribution in [0, 0.1) is 5.92 Å². The monoisotopic (exact) mass is 285 g/mol. The van der Waals surface area contributed by atoms with Crippen molar-refractivity contribution in [3.8, 4) is 0 Å². The van der Waals surface area contributed by atoms with Gasteiger partial charge in [0.1, 0.15) is 6.04 Å². The normalized spacial score (nSPS) is 24.9. The average Bonchev–Trinajstić information content (AvgIpc) is 2.72. The third-order valence-corrected chi connectivity index (χ3v) is 5.57. The van der Waals surface area contributed by atoms with Crippen LogP contribution in [0.15, 0.2) is 15.7 Å². The number of thiophene rings is 1. The maximum Gasteiger partial charge on any atom is 0.320 e. The van der Waals surface area contributed by atoms with Gasteiger partial charge in [0.05, 0.1) is 4.21 Å². The Bertz CT molecular complexity index is 430. The van der Waals surface area contributed by atoms with Crippen molar-refractivity contribution in [1.29, 1.82) is 0 Å². The van der Waals surface area contributed by atoms with Gasteiger partial charge in [-0.1, -0.05) is 20.8 Å². The van der Waals surface area contributed by atoms with E-state index in [4.69, 9.17) is 0 Å². The number of rotatable bonds is 4. The van der Waals surface area contributed by atoms with Gasteiger partial charge in [0.2, 0.25) is 0 Å². The van der Waals surface area contributed by atoms with E-state index < -0.39 is 12.0 Å². The van der Waals surface area contributed by atoms with Crippen molar-refractivity contribution in [2.75, 3.05) is 0 Å². The Morgan fingerprint density at radius 2 is 2.28 bits per heavy atom. The Kier molecular flexibility index (Phi) is 4.35. The molecule has 1 aromatic rings. The smallest absolute Gasteiger partial charge is 0.320 e. The van der Waals surface area contributed by atoms with Gasteiger partial charge in [0, 0.05) is 11.3 Å². The highest BCUT2D eigenvalue weighted by atomic mass is 32.2. The van der Waals surface area contributed by atoms with E-state index in [0.29, 0.717) is 5.25 Å². The second-order valence-electron chi connectivity index (χ2n) is 5.11. The molecule has 0 fully saturated rings. The molecule has 0 aliphatic carbocycles. The molecule has 2 N–H and O–H groups in total. The van der Waals surface area contributed by atoms with Crippen molar-refractivity contribution < 1.29 is 9.90 Å². The highest BCUT2D eigenvalue weighted by Gasteiger charge is 2.31. The molecule has 2 heterocycles. The molecule has 0 amide bonds. The Balaban J connectivity index is 2.17. The molecule has 1 aliphatic rings. The van der Waals surface area contributed by atoms with Crippen LogP contribution in [0.2, 0.25) is 0 Å². The summed E-state index contributed by atoms with van der Waals surface area (Å²) in [6, 6.07) is 1.82. The first kappa shape index (κ1) is 13.9. The number of carboxylic acids is 1. The molecule has 100 valence electrons. The Hall–Kier alpha value is -0.520. The minimum atomic E-state index is -0.757. The third kappa shape index (κ3) is 2.90. The fourth-order valence-electron chi connectivity index (χ4n) is 2.27. The predicted molar refractivity (Wildman–Crippen MR) is 76.4 cm³/mol. The van der Waals surface area contributed by atoms with Crippen molar-refractivity contribution in [3.05, 3.63) is 17.0 Å². The molecule has 2 rings (SSSR count). The molecule has 0 aromatic carbocycles. The van der Waals surface area contributed by atoms with E-state index in [-0.39, 0.29) is 12.0 Å². The topological polar surface area (TPSA) is 49.3 Å². The summed E-state index contributed by atoms with van der Waals surface area (Å²) in [7, 11) is 0. The molecule has 0 bridgehead atoms. The summed E-state index contributed by atoms with van der Waals surface area (Å²) in [5.74, 6) is -0.665. The zero-order valence-electron chi connectivity index (χ0n) is 10.8. The fraction of sp³-hybridized carbons (Fsp3) is 0.615. The number of carboxylic acid groups (broad SMARTS) is 1. The molecule has 3 nitrogen and oxygen atoms in total. The molecule has 0 saturated heterocycles. The molecule has 5 heteroatoms. The zero-order chi connectivity index (χ0) is 13.3. The number of carbonyl (C=O) groups is 1. The van der Waals surface area contributed by atoms with Crippen LogP contribution in [0.3, 0.4) is 0 Å². The lowest BCUT2D eigenvalue weighted by Crippen LogP contribution is -2.44. The van der Waals surface area contributed by atoms with Crippen LogP contribution in [0.5, 0.6) is 0 Å². The summed E-state index contributed by atoms with van der Waals surface area (Å²) < 4.78 is 1.33. The molecule has 1 aliphatic heterocycles. The second kappa shape index (κ2) is 5.63. The molecule has 0 saturated carbocycles. The van der Waals surface area contributed by atoms with E-state index in [1.807, 2.05) is 25.6 Å². The Morgan fingerprint density at radius 1 is 1.56 bits per heavy atom. The van der Waals surface area contributed by atoms with Crippen molar-refractivity contribution in [2.24, 2.45) is 5.92 Å². The van der Waals surface area contributed by atoms with Crippen LogP contribution >= 0.6 is 23.1 Å². The van der Waals surface area contributed by atoms with Crippen LogP contribution in [0.25, 0.3) is 0 Å². The van der Waals surface area contributed by atoms with E-state index in [0.717, 1.165) is 6.42 Å². The lowest BCUT2D eigenvalue weighted by molar-refractivity contribution is -0.140. The number of hydrogen-bond acceptors (Lipinski definition) is 4. The lowest BCUT2D eigenvalue weighted by atomic mass is 9.99. The molecular weight excluding hydrogens is 266 g/mol. The first-order valence-electron chi connectivity index (χ1n) is 6.22. The average molecular weight is 285 g/mol. The number of nitrogens with one attached hydrogen (secondary N) is 1. The van der Waals surface area contributed by atoms with E-state index in [9.17, 15) is 9.90 Å². The SMILES string of the molecule is CC(C)C(NC1C[C@H](C)Sc2sccc21)C(=O)O. The predicted octanol–water partition coefficient (Wildman–Crippen LogP) is 3.37. The first-order chi connectivity index (χ1) is 8.49. The van der Waals surface area contributed by atoms with Gasteiger partial charge in [-0.3, -0.25) is 10.1 Å². The minimum absolute atomic E-state index is 0.0921. The highest BCUT2D eigenvalue weighted by molar-refractivity contribution is 8.01. The summed E-state index contributed by atoms with van der Waals surface area (Å²) in [5.41, 5.74) is 1.27. The molecule has 2 unspecified atom stereocenters. The second-order valence-corrected chi connectivity index (χ2v) is 7.73. The van der Waals surface area contributed by atoms with Gasteiger partial charge >= 0.3 is 5.97 Å². The Labute approximate surface area is 116 Å². The quantitative estimate of drug-likeness (QED) is 0.890. The van der Waals surface area contributed by atoms with Crippen molar-refractivity contribution in [3.63, 3.8) is 0 Å². The molecule has 1 aromatic heterocycles. The van der Waals surface area contributed by atoms with Crippen LogP contribution in [-0.4, -0.2) is 22.4 Å². The van der Waals surface area contributed by atoms with Gasteiger partial charge in [-0.15, -0.1) is 23.1 Å². The molecule has 0 spiro atoms. The van der Waals surface area contributed by atoms with Gasteiger partial charge in [-0.25, -0.2) is 0 Å². The number of fused-ring (bicyclic) bond motifs is 1. The fourth-order valence-corrected chi connectivity index (χ4v) is 4.84. The third-order valence-electron chi connectivity index (χ3n) is 3.22. The summed E-state index contributed by atoms with van der Waals surface area (Å²) in [5, 5.41) is 15.2. The number of thioether (sulfide) groups is 1. The number of aliphatic carboxylic acids is 1. The highest BCUT2D eigenvalue weighted by Crippen LogP contribution is 2.43. The van der Waals surface area contributed by atoms with Gasteiger partial charge < -0.3 is 5.11 Å². The van der Waals surface area contributed by atoms with Gasteiger partial charge in [-0.2, -0.15) is 0 Å². The summed E-state index contributed by atoms with van der Waals surface area (Å²) in [6.07, 6.45) is 0.991. The zero-order valence-corrected chi connectivity index (χ0v) is 12.5. The van der Waals surface area contributed by atoms with E-state index >= 15 is 0 Å². The van der Waals surface area contributed by atoms with Crippen LogP contribution < -0.4 is 5.32 Å². The summed E-state index contributed by atoms with van der Waals surface area (Å²) in [6.45, 7) is 6.09. The van der Waals surface area contributed by atoms with Crippen molar-refractivity contribution in [2.45, 2.75) is 48.7 Å². The van der Waals surface area contributed by atoms with Crippen molar-refractivity contribution >= 4 is 29.1 Å². The van der Waals surface area contributed by atoms with Crippen LogP contribution in [0.4, 0.5) is 0 Å².